The van der Waals surface area contributed by atoms with Crippen LogP contribution in [-0.4, -0.2) is 9.97 Å². The quantitative estimate of drug-likeness (QED) is 0.650. The lowest BCUT2D eigenvalue weighted by molar-refractivity contribution is 1.05. The standard InChI is InChI=1S/C18H16Cl2N4/c19-15-5-1-13(2-6-15)10-21-17-9-18(24-12-23-17)22-11-14-3-7-16(20)8-4-14/h1-9,12H,10-11H2,(H2,21,22,23,24). The van der Waals surface area contributed by atoms with Crippen LogP contribution in [0.5, 0.6) is 0 Å². The van der Waals surface area contributed by atoms with Crippen molar-refractivity contribution < 1.29 is 0 Å². The van der Waals surface area contributed by atoms with Crippen molar-refractivity contribution in [3.63, 3.8) is 0 Å². The molecule has 0 atom stereocenters. The highest BCUT2D eigenvalue weighted by Gasteiger charge is 2.00. The van der Waals surface area contributed by atoms with Crippen LogP contribution in [0.2, 0.25) is 10.0 Å². The molecule has 0 aliphatic carbocycles. The molecule has 0 radical (unpaired) electrons. The molecule has 24 heavy (non-hydrogen) atoms. The van der Waals surface area contributed by atoms with E-state index in [1.54, 1.807) is 0 Å². The van der Waals surface area contributed by atoms with Crippen molar-refractivity contribution in [3.8, 4) is 0 Å². The molecule has 0 saturated heterocycles. The first-order valence-electron chi connectivity index (χ1n) is 7.48. The fraction of sp³-hybridized carbons (Fsp3) is 0.111. The summed E-state index contributed by atoms with van der Waals surface area (Å²) >= 11 is 11.8. The van der Waals surface area contributed by atoms with Crippen LogP contribution < -0.4 is 10.6 Å². The van der Waals surface area contributed by atoms with Gasteiger partial charge in [0.2, 0.25) is 0 Å². The van der Waals surface area contributed by atoms with E-state index in [4.69, 9.17) is 23.2 Å². The Labute approximate surface area is 150 Å². The third kappa shape index (κ3) is 4.85. The molecule has 0 fully saturated rings. The summed E-state index contributed by atoms with van der Waals surface area (Å²) in [5.41, 5.74) is 2.27. The monoisotopic (exact) mass is 358 g/mol. The largest absolute Gasteiger partial charge is 0.366 e. The smallest absolute Gasteiger partial charge is 0.131 e. The maximum atomic E-state index is 5.89. The molecular weight excluding hydrogens is 343 g/mol. The fourth-order valence-electron chi connectivity index (χ4n) is 2.14. The van der Waals surface area contributed by atoms with Crippen LogP contribution in [0.25, 0.3) is 0 Å². The van der Waals surface area contributed by atoms with Crippen molar-refractivity contribution in [2.45, 2.75) is 13.1 Å². The topological polar surface area (TPSA) is 49.8 Å². The number of nitrogens with one attached hydrogen (secondary N) is 2. The second kappa shape index (κ2) is 7.99. The van der Waals surface area contributed by atoms with Crippen molar-refractivity contribution in [2.24, 2.45) is 0 Å². The minimum atomic E-state index is 0.671. The Hall–Kier alpha value is -2.30. The van der Waals surface area contributed by atoms with Crippen molar-refractivity contribution >= 4 is 34.8 Å². The lowest BCUT2D eigenvalue weighted by atomic mass is 10.2. The molecule has 0 spiro atoms. The summed E-state index contributed by atoms with van der Waals surface area (Å²) in [5.74, 6) is 1.53. The van der Waals surface area contributed by atoms with Gasteiger partial charge in [0, 0.05) is 29.2 Å². The van der Waals surface area contributed by atoms with E-state index in [0.29, 0.717) is 13.1 Å². The third-order valence-corrected chi connectivity index (χ3v) is 3.94. The predicted molar refractivity (Wildman–Crippen MR) is 99.6 cm³/mol. The maximum Gasteiger partial charge on any atom is 0.131 e. The molecule has 0 unspecified atom stereocenters. The van der Waals surface area contributed by atoms with Crippen LogP contribution >= 0.6 is 23.2 Å². The van der Waals surface area contributed by atoms with Gasteiger partial charge in [0.1, 0.15) is 18.0 Å². The van der Waals surface area contributed by atoms with Crippen LogP contribution in [0.15, 0.2) is 60.9 Å². The van der Waals surface area contributed by atoms with Crippen LogP contribution in [0, 0.1) is 0 Å². The van der Waals surface area contributed by atoms with Crippen molar-refractivity contribution in [1.29, 1.82) is 0 Å². The van der Waals surface area contributed by atoms with Gasteiger partial charge in [0.15, 0.2) is 0 Å². The molecule has 4 nitrogen and oxygen atoms in total. The molecule has 2 N–H and O–H groups in total. The molecule has 0 aliphatic heterocycles. The highest BCUT2D eigenvalue weighted by molar-refractivity contribution is 6.30. The first-order valence-corrected chi connectivity index (χ1v) is 8.23. The van der Waals surface area contributed by atoms with E-state index in [2.05, 4.69) is 20.6 Å². The Morgan fingerprint density at radius 1 is 0.667 bits per heavy atom. The van der Waals surface area contributed by atoms with Gasteiger partial charge < -0.3 is 10.6 Å². The molecule has 3 rings (SSSR count). The average molecular weight is 359 g/mol. The van der Waals surface area contributed by atoms with E-state index in [1.807, 2.05) is 54.6 Å². The molecule has 3 aromatic rings. The molecule has 0 saturated carbocycles. The minimum absolute atomic E-state index is 0.671. The third-order valence-electron chi connectivity index (χ3n) is 3.44. The maximum absolute atomic E-state index is 5.89. The van der Waals surface area contributed by atoms with Gasteiger partial charge in [-0.3, -0.25) is 0 Å². The van der Waals surface area contributed by atoms with E-state index in [9.17, 15) is 0 Å². The summed E-state index contributed by atoms with van der Waals surface area (Å²) in [5, 5.41) is 8.01. The number of nitrogens with zero attached hydrogens (tertiary/aromatic N) is 2. The van der Waals surface area contributed by atoms with Gasteiger partial charge in [-0.05, 0) is 35.4 Å². The lowest BCUT2D eigenvalue weighted by Gasteiger charge is -2.09. The van der Waals surface area contributed by atoms with Crippen LogP contribution in [0.1, 0.15) is 11.1 Å². The Morgan fingerprint density at radius 2 is 1.08 bits per heavy atom. The Kier molecular flexibility index (Phi) is 5.51. The summed E-state index contributed by atoms with van der Waals surface area (Å²) in [6, 6.07) is 17.3. The van der Waals surface area contributed by atoms with Gasteiger partial charge in [-0.25, -0.2) is 9.97 Å². The zero-order valence-corrected chi connectivity index (χ0v) is 14.3. The molecule has 0 bridgehead atoms. The second-order valence-electron chi connectivity index (χ2n) is 5.25. The van der Waals surface area contributed by atoms with Crippen LogP contribution in [0.4, 0.5) is 11.6 Å². The Balaban J connectivity index is 1.57. The number of rotatable bonds is 6. The van der Waals surface area contributed by atoms with Crippen molar-refractivity contribution in [2.75, 3.05) is 10.6 Å². The van der Waals surface area contributed by atoms with Gasteiger partial charge in [-0.15, -0.1) is 0 Å². The first-order chi connectivity index (χ1) is 11.7. The SMILES string of the molecule is Clc1ccc(CNc2cc(NCc3ccc(Cl)cc3)ncn2)cc1. The molecule has 1 heterocycles. The number of anilines is 2. The molecule has 2 aromatic carbocycles. The lowest BCUT2D eigenvalue weighted by Crippen LogP contribution is -2.05. The van der Waals surface area contributed by atoms with Gasteiger partial charge >= 0.3 is 0 Å². The fourth-order valence-corrected chi connectivity index (χ4v) is 2.39. The number of aromatic nitrogens is 2. The summed E-state index contributed by atoms with van der Waals surface area (Å²) in [6.07, 6.45) is 1.54. The molecule has 122 valence electrons. The van der Waals surface area contributed by atoms with E-state index in [-0.39, 0.29) is 0 Å². The number of benzene rings is 2. The zero-order chi connectivity index (χ0) is 16.8. The van der Waals surface area contributed by atoms with Crippen molar-refractivity contribution in [1.82, 2.24) is 9.97 Å². The van der Waals surface area contributed by atoms with E-state index < -0.39 is 0 Å². The summed E-state index contributed by atoms with van der Waals surface area (Å²) in [6.45, 7) is 1.34. The van der Waals surface area contributed by atoms with Gasteiger partial charge in [-0.2, -0.15) is 0 Å². The normalized spacial score (nSPS) is 10.4. The molecule has 6 heteroatoms. The average Bonchev–Trinajstić information content (AvgIpc) is 2.61. The first kappa shape index (κ1) is 16.6. The predicted octanol–water partition coefficient (Wildman–Crippen LogP) is 5.01. The summed E-state index contributed by atoms with van der Waals surface area (Å²) in [7, 11) is 0. The van der Waals surface area contributed by atoms with Crippen LogP contribution in [-0.2, 0) is 13.1 Å². The van der Waals surface area contributed by atoms with E-state index in [0.717, 1.165) is 32.8 Å². The van der Waals surface area contributed by atoms with Crippen LogP contribution in [0.3, 0.4) is 0 Å². The van der Waals surface area contributed by atoms with E-state index in [1.165, 1.54) is 6.33 Å². The van der Waals surface area contributed by atoms with Gasteiger partial charge in [0.05, 0.1) is 0 Å². The second-order valence-corrected chi connectivity index (χ2v) is 6.12. The minimum Gasteiger partial charge on any atom is -0.366 e. The summed E-state index contributed by atoms with van der Waals surface area (Å²) in [4.78, 5) is 8.47. The molecule has 1 aromatic heterocycles. The summed E-state index contributed by atoms with van der Waals surface area (Å²) < 4.78 is 0. The number of halogens is 2. The zero-order valence-electron chi connectivity index (χ0n) is 12.8. The van der Waals surface area contributed by atoms with Gasteiger partial charge in [0.25, 0.3) is 0 Å². The van der Waals surface area contributed by atoms with Crippen molar-refractivity contribution in [3.05, 3.63) is 82.1 Å². The number of hydrogen-bond donors (Lipinski definition) is 2. The molecule has 0 amide bonds. The highest BCUT2D eigenvalue weighted by Crippen LogP contribution is 2.14. The highest BCUT2D eigenvalue weighted by atomic mass is 35.5. The number of hydrogen-bond acceptors (Lipinski definition) is 4. The van der Waals surface area contributed by atoms with Gasteiger partial charge in [-0.1, -0.05) is 47.5 Å². The molecule has 0 aliphatic rings. The van der Waals surface area contributed by atoms with E-state index >= 15 is 0 Å². The Bertz CT molecular complexity index is 724. The molecular formula is C18H16Cl2N4. The Morgan fingerprint density at radius 3 is 1.50 bits per heavy atom.